The highest BCUT2D eigenvalue weighted by molar-refractivity contribution is 5.33. The van der Waals surface area contributed by atoms with Crippen LogP contribution in [0.2, 0.25) is 0 Å². The van der Waals surface area contributed by atoms with Crippen LogP contribution in [0.3, 0.4) is 0 Å². The van der Waals surface area contributed by atoms with E-state index in [1.165, 1.54) is 12.8 Å². The molecule has 1 aromatic rings. The maximum Gasteiger partial charge on any atom is 0.162 e. The molecule has 0 aliphatic heterocycles. The van der Waals surface area contributed by atoms with Crippen LogP contribution in [0.15, 0.2) is 12.3 Å². The number of hydrogen-bond donors (Lipinski definition) is 1. The van der Waals surface area contributed by atoms with E-state index in [0.29, 0.717) is 12.5 Å². The van der Waals surface area contributed by atoms with Gasteiger partial charge < -0.3 is 10.1 Å². The topological polar surface area (TPSA) is 47.0 Å². The van der Waals surface area contributed by atoms with Gasteiger partial charge in [0.1, 0.15) is 11.4 Å². The Kier molecular flexibility index (Phi) is 4.75. The van der Waals surface area contributed by atoms with Crippen molar-refractivity contribution in [1.29, 1.82) is 0 Å². The van der Waals surface area contributed by atoms with Crippen LogP contribution in [0.25, 0.3) is 0 Å². The fourth-order valence-electron chi connectivity index (χ4n) is 3.04. The molecule has 0 saturated heterocycles. The summed E-state index contributed by atoms with van der Waals surface area (Å²) in [5.74, 6) is 2.41. The molecule has 1 aliphatic carbocycles. The van der Waals surface area contributed by atoms with E-state index < -0.39 is 0 Å². The molecule has 1 N–H and O–H groups in total. The molecule has 0 spiro atoms. The average Bonchev–Trinajstić information content (AvgIpc) is 2.40. The summed E-state index contributed by atoms with van der Waals surface area (Å²) in [6, 6.07) is 1.92. The lowest BCUT2D eigenvalue weighted by Gasteiger charge is -2.38. The largest absolute Gasteiger partial charge is 0.370 e. The maximum atomic E-state index is 6.11. The SMILES string of the molecule is CCNc1ccnc(C2(OCC)CCCC(C)C2)n1. The predicted octanol–water partition coefficient (Wildman–Crippen LogP) is 3.35. The Morgan fingerprint density at radius 3 is 3.00 bits per heavy atom. The quantitative estimate of drug-likeness (QED) is 0.885. The van der Waals surface area contributed by atoms with Gasteiger partial charge in [0, 0.05) is 19.3 Å². The number of aromatic nitrogens is 2. The second-order valence-electron chi connectivity index (χ2n) is 5.42. The zero-order chi connectivity index (χ0) is 13.7. The summed E-state index contributed by atoms with van der Waals surface area (Å²) in [7, 11) is 0. The third-order valence-electron chi connectivity index (χ3n) is 3.80. The van der Waals surface area contributed by atoms with Crippen molar-refractivity contribution in [3.05, 3.63) is 18.1 Å². The van der Waals surface area contributed by atoms with Crippen LogP contribution in [0, 0.1) is 5.92 Å². The van der Waals surface area contributed by atoms with Gasteiger partial charge >= 0.3 is 0 Å². The lowest BCUT2D eigenvalue weighted by Crippen LogP contribution is -2.37. The van der Waals surface area contributed by atoms with Crippen molar-refractivity contribution in [3.63, 3.8) is 0 Å². The number of anilines is 1. The molecular weight excluding hydrogens is 238 g/mol. The molecule has 1 aromatic heterocycles. The first-order chi connectivity index (χ1) is 9.20. The Hall–Kier alpha value is -1.16. The molecule has 1 fully saturated rings. The van der Waals surface area contributed by atoms with E-state index in [9.17, 15) is 0 Å². The summed E-state index contributed by atoms with van der Waals surface area (Å²) in [4.78, 5) is 9.16. The predicted molar refractivity (Wildman–Crippen MR) is 77.1 cm³/mol. The minimum Gasteiger partial charge on any atom is -0.370 e. The smallest absolute Gasteiger partial charge is 0.162 e. The number of ether oxygens (including phenoxy) is 1. The molecule has 2 rings (SSSR count). The first-order valence-electron chi connectivity index (χ1n) is 7.41. The standard InChI is InChI=1S/C15H25N3O/c1-4-16-13-8-10-17-14(18-13)15(19-5-2)9-6-7-12(3)11-15/h8,10,12H,4-7,9,11H2,1-3H3,(H,16,17,18). The number of rotatable bonds is 5. The lowest BCUT2D eigenvalue weighted by atomic mass is 9.78. The van der Waals surface area contributed by atoms with Gasteiger partial charge in [0.25, 0.3) is 0 Å². The summed E-state index contributed by atoms with van der Waals surface area (Å²) in [5, 5.41) is 3.25. The van der Waals surface area contributed by atoms with Gasteiger partial charge in [0.05, 0.1) is 0 Å². The van der Waals surface area contributed by atoms with E-state index in [-0.39, 0.29) is 5.60 Å². The molecule has 1 aliphatic rings. The van der Waals surface area contributed by atoms with Gasteiger partial charge in [0.15, 0.2) is 5.82 Å². The van der Waals surface area contributed by atoms with Crippen LogP contribution < -0.4 is 5.32 Å². The Labute approximate surface area is 116 Å². The van der Waals surface area contributed by atoms with Gasteiger partial charge in [-0.15, -0.1) is 0 Å². The van der Waals surface area contributed by atoms with Crippen LogP contribution in [-0.4, -0.2) is 23.1 Å². The lowest BCUT2D eigenvalue weighted by molar-refractivity contribution is -0.0880. The monoisotopic (exact) mass is 263 g/mol. The summed E-state index contributed by atoms with van der Waals surface area (Å²) < 4.78 is 6.11. The normalized spacial score (nSPS) is 27.2. The van der Waals surface area contributed by atoms with Gasteiger partial charge in [0.2, 0.25) is 0 Å². The number of nitrogens with zero attached hydrogens (tertiary/aromatic N) is 2. The fourth-order valence-corrected chi connectivity index (χ4v) is 3.04. The third kappa shape index (κ3) is 3.24. The molecule has 1 heterocycles. The van der Waals surface area contributed by atoms with Crippen molar-refractivity contribution in [2.45, 2.75) is 52.1 Å². The molecule has 4 nitrogen and oxygen atoms in total. The highest BCUT2D eigenvalue weighted by Crippen LogP contribution is 2.41. The maximum absolute atomic E-state index is 6.11. The van der Waals surface area contributed by atoms with Gasteiger partial charge in [-0.3, -0.25) is 0 Å². The van der Waals surface area contributed by atoms with E-state index in [0.717, 1.165) is 31.0 Å². The Morgan fingerprint density at radius 1 is 1.47 bits per heavy atom. The summed E-state index contributed by atoms with van der Waals surface area (Å²) in [5.41, 5.74) is -0.280. The van der Waals surface area contributed by atoms with Crippen molar-refractivity contribution >= 4 is 5.82 Å². The van der Waals surface area contributed by atoms with E-state index in [4.69, 9.17) is 4.74 Å². The van der Waals surface area contributed by atoms with E-state index >= 15 is 0 Å². The Balaban J connectivity index is 2.29. The molecule has 0 amide bonds. The van der Waals surface area contributed by atoms with E-state index in [2.05, 4.69) is 36.1 Å². The van der Waals surface area contributed by atoms with Gasteiger partial charge in [-0.2, -0.15) is 0 Å². The number of hydrogen-bond acceptors (Lipinski definition) is 4. The van der Waals surface area contributed by atoms with E-state index in [1.807, 2.05) is 12.3 Å². The number of nitrogens with one attached hydrogen (secondary N) is 1. The van der Waals surface area contributed by atoms with Crippen LogP contribution >= 0.6 is 0 Å². The van der Waals surface area contributed by atoms with Crippen molar-refractivity contribution < 1.29 is 4.74 Å². The van der Waals surface area contributed by atoms with Crippen LogP contribution in [0.5, 0.6) is 0 Å². The molecule has 4 heteroatoms. The zero-order valence-corrected chi connectivity index (χ0v) is 12.3. The highest BCUT2D eigenvalue weighted by atomic mass is 16.5. The molecule has 0 bridgehead atoms. The van der Waals surface area contributed by atoms with Crippen molar-refractivity contribution in [3.8, 4) is 0 Å². The van der Waals surface area contributed by atoms with Gasteiger partial charge in [-0.1, -0.05) is 13.3 Å². The first-order valence-corrected chi connectivity index (χ1v) is 7.41. The summed E-state index contributed by atoms with van der Waals surface area (Å²) >= 11 is 0. The Bertz CT molecular complexity index is 406. The molecular formula is C15H25N3O. The molecule has 2 unspecified atom stereocenters. The fraction of sp³-hybridized carbons (Fsp3) is 0.733. The van der Waals surface area contributed by atoms with Crippen LogP contribution in [-0.2, 0) is 10.3 Å². The summed E-state index contributed by atoms with van der Waals surface area (Å²) in [6.45, 7) is 8.00. The van der Waals surface area contributed by atoms with Gasteiger partial charge in [-0.25, -0.2) is 9.97 Å². The minimum atomic E-state index is -0.280. The van der Waals surface area contributed by atoms with Gasteiger partial charge in [-0.05, 0) is 45.1 Å². The zero-order valence-electron chi connectivity index (χ0n) is 12.3. The van der Waals surface area contributed by atoms with Crippen molar-refractivity contribution in [2.24, 2.45) is 5.92 Å². The summed E-state index contributed by atoms with van der Waals surface area (Å²) in [6.07, 6.45) is 6.36. The second-order valence-corrected chi connectivity index (χ2v) is 5.42. The molecule has 0 radical (unpaired) electrons. The average molecular weight is 263 g/mol. The second kappa shape index (κ2) is 6.33. The van der Waals surface area contributed by atoms with Crippen LogP contribution in [0.1, 0.15) is 52.3 Å². The molecule has 0 aromatic carbocycles. The minimum absolute atomic E-state index is 0.280. The highest BCUT2D eigenvalue weighted by Gasteiger charge is 2.40. The van der Waals surface area contributed by atoms with Crippen molar-refractivity contribution in [2.75, 3.05) is 18.5 Å². The van der Waals surface area contributed by atoms with Crippen molar-refractivity contribution in [1.82, 2.24) is 9.97 Å². The molecule has 2 atom stereocenters. The third-order valence-corrected chi connectivity index (χ3v) is 3.80. The Morgan fingerprint density at radius 2 is 2.32 bits per heavy atom. The molecule has 19 heavy (non-hydrogen) atoms. The molecule has 106 valence electrons. The first kappa shape index (κ1) is 14.3. The van der Waals surface area contributed by atoms with E-state index in [1.54, 1.807) is 0 Å². The van der Waals surface area contributed by atoms with Crippen LogP contribution in [0.4, 0.5) is 5.82 Å². The molecule has 1 saturated carbocycles.